The topological polar surface area (TPSA) is 59.0 Å². The summed E-state index contributed by atoms with van der Waals surface area (Å²) in [5.41, 5.74) is 7.67. The number of anilines is 1. The molecule has 0 atom stereocenters. The molecule has 0 heterocycles. The number of hydrogen-bond donors (Lipinski definition) is 1. The van der Waals surface area contributed by atoms with Gasteiger partial charge in [-0.2, -0.15) is 5.26 Å². The maximum atomic E-state index is 8.77. The third kappa shape index (κ3) is 3.02. The van der Waals surface area contributed by atoms with Crippen LogP contribution >= 0.6 is 15.9 Å². The average Bonchev–Trinajstić information content (AvgIpc) is 2.37. The van der Waals surface area contributed by atoms with E-state index in [0.717, 1.165) is 10.0 Å². The smallest absolute Gasteiger partial charge is 0.121 e. The van der Waals surface area contributed by atoms with Gasteiger partial charge in [0.1, 0.15) is 18.4 Å². The standard InChI is InChI=1S/C14H11BrN2O/c15-12-3-1-2-10(6-12)9-18-13-5-4-11(8-16)14(17)7-13/h1-7H,9,17H2. The molecule has 0 radical (unpaired) electrons. The number of halogens is 1. The zero-order valence-corrected chi connectivity index (χ0v) is 11.1. The van der Waals surface area contributed by atoms with Crippen molar-refractivity contribution in [2.24, 2.45) is 0 Å². The first-order chi connectivity index (χ1) is 8.69. The average molecular weight is 303 g/mol. The molecule has 0 fully saturated rings. The lowest BCUT2D eigenvalue weighted by molar-refractivity contribution is 0.306. The van der Waals surface area contributed by atoms with Crippen LogP contribution in [0.15, 0.2) is 46.9 Å². The minimum atomic E-state index is 0.434. The van der Waals surface area contributed by atoms with Gasteiger partial charge in [0.05, 0.1) is 11.3 Å². The lowest BCUT2D eigenvalue weighted by Crippen LogP contribution is -1.97. The molecule has 2 N–H and O–H groups in total. The van der Waals surface area contributed by atoms with E-state index < -0.39 is 0 Å². The van der Waals surface area contributed by atoms with Crippen LogP contribution in [0.5, 0.6) is 5.75 Å². The maximum absolute atomic E-state index is 8.77. The van der Waals surface area contributed by atoms with Gasteiger partial charge < -0.3 is 10.5 Å². The van der Waals surface area contributed by atoms with E-state index in [1.165, 1.54) is 0 Å². The third-order valence-electron chi connectivity index (χ3n) is 2.44. The molecule has 18 heavy (non-hydrogen) atoms. The first-order valence-electron chi connectivity index (χ1n) is 5.36. The van der Waals surface area contributed by atoms with Crippen molar-refractivity contribution in [2.45, 2.75) is 6.61 Å². The highest BCUT2D eigenvalue weighted by atomic mass is 79.9. The summed E-state index contributed by atoms with van der Waals surface area (Å²) in [5.74, 6) is 0.659. The Morgan fingerprint density at radius 3 is 2.72 bits per heavy atom. The van der Waals surface area contributed by atoms with Gasteiger partial charge in [0.15, 0.2) is 0 Å². The van der Waals surface area contributed by atoms with Crippen LogP contribution in [-0.4, -0.2) is 0 Å². The summed E-state index contributed by atoms with van der Waals surface area (Å²) >= 11 is 3.41. The van der Waals surface area contributed by atoms with E-state index in [2.05, 4.69) is 15.9 Å². The van der Waals surface area contributed by atoms with Crippen LogP contribution in [0.25, 0.3) is 0 Å². The molecular weight excluding hydrogens is 292 g/mol. The number of rotatable bonds is 3. The first-order valence-corrected chi connectivity index (χ1v) is 6.15. The predicted octanol–water partition coefficient (Wildman–Crippen LogP) is 3.48. The van der Waals surface area contributed by atoms with E-state index in [1.54, 1.807) is 18.2 Å². The predicted molar refractivity (Wildman–Crippen MR) is 74.0 cm³/mol. The summed E-state index contributed by atoms with van der Waals surface area (Å²) in [6, 6.07) is 15.0. The molecule has 0 amide bonds. The van der Waals surface area contributed by atoms with Crippen LogP contribution in [-0.2, 0) is 6.61 Å². The fraction of sp³-hybridized carbons (Fsp3) is 0.0714. The second-order valence-corrected chi connectivity index (χ2v) is 4.70. The zero-order valence-electron chi connectivity index (χ0n) is 9.56. The molecule has 0 aliphatic carbocycles. The molecular formula is C14H11BrN2O. The molecule has 0 aliphatic heterocycles. The number of nitriles is 1. The number of benzene rings is 2. The maximum Gasteiger partial charge on any atom is 0.121 e. The van der Waals surface area contributed by atoms with Gasteiger partial charge in [0.25, 0.3) is 0 Å². The van der Waals surface area contributed by atoms with Crippen LogP contribution in [0.1, 0.15) is 11.1 Å². The molecule has 0 unspecified atom stereocenters. The Morgan fingerprint density at radius 2 is 2.06 bits per heavy atom. The Labute approximate surface area is 114 Å². The van der Waals surface area contributed by atoms with E-state index in [0.29, 0.717) is 23.6 Å². The molecule has 2 rings (SSSR count). The minimum Gasteiger partial charge on any atom is -0.489 e. The Bertz CT molecular complexity index is 605. The second kappa shape index (κ2) is 5.56. The van der Waals surface area contributed by atoms with Gasteiger partial charge in [0.2, 0.25) is 0 Å². The lowest BCUT2D eigenvalue weighted by atomic mass is 10.2. The van der Waals surface area contributed by atoms with Gasteiger partial charge in [-0.3, -0.25) is 0 Å². The molecule has 0 spiro atoms. The Balaban J connectivity index is 2.07. The van der Waals surface area contributed by atoms with Crippen molar-refractivity contribution >= 4 is 21.6 Å². The summed E-state index contributed by atoms with van der Waals surface area (Å²) in [5, 5.41) is 8.77. The zero-order chi connectivity index (χ0) is 13.0. The van der Waals surface area contributed by atoms with Crippen LogP contribution in [0.3, 0.4) is 0 Å². The van der Waals surface area contributed by atoms with Crippen molar-refractivity contribution in [3.8, 4) is 11.8 Å². The Kier molecular flexibility index (Phi) is 3.85. The number of nitrogens with zero attached hydrogens (tertiary/aromatic N) is 1. The number of hydrogen-bond acceptors (Lipinski definition) is 3. The fourth-order valence-corrected chi connectivity index (χ4v) is 1.97. The molecule has 0 saturated heterocycles. The summed E-state index contributed by atoms with van der Waals surface area (Å²) in [4.78, 5) is 0. The third-order valence-corrected chi connectivity index (χ3v) is 2.93. The molecule has 0 bridgehead atoms. The normalized spacial score (nSPS) is 9.78. The van der Waals surface area contributed by atoms with Crippen LogP contribution in [0.2, 0.25) is 0 Å². The van der Waals surface area contributed by atoms with Gasteiger partial charge in [0, 0.05) is 10.5 Å². The summed E-state index contributed by atoms with van der Waals surface area (Å²) in [6.07, 6.45) is 0. The lowest BCUT2D eigenvalue weighted by Gasteiger charge is -2.07. The summed E-state index contributed by atoms with van der Waals surface area (Å²) in [6.45, 7) is 0.463. The molecule has 90 valence electrons. The quantitative estimate of drug-likeness (QED) is 0.883. The molecule has 0 aromatic heterocycles. The van der Waals surface area contributed by atoms with Crippen molar-refractivity contribution in [3.05, 3.63) is 58.1 Å². The Morgan fingerprint density at radius 1 is 1.22 bits per heavy atom. The molecule has 2 aromatic rings. The SMILES string of the molecule is N#Cc1ccc(OCc2cccc(Br)c2)cc1N. The van der Waals surface area contributed by atoms with E-state index in [1.807, 2.05) is 30.3 Å². The minimum absolute atomic E-state index is 0.434. The number of nitrogen functional groups attached to an aromatic ring is 1. The highest BCUT2D eigenvalue weighted by Gasteiger charge is 2.01. The summed E-state index contributed by atoms with van der Waals surface area (Å²) < 4.78 is 6.63. The molecule has 3 nitrogen and oxygen atoms in total. The van der Waals surface area contributed by atoms with Crippen molar-refractivity contribution in [2.75, 3.05) is 5.73 Å². The van der Waals surface area contributed by atoms with E-state index in [4.69, 9.17) is 15.7 Å². The second-order valence-electron chi connectivity index (χ2n) is 3.78. The molecule has 0 saturated carbocycles. The van der Waals surface area contributed by atoms with Gasteiger partial charge in [-0.05, 0) is 29.8 Å². The number of ether oxygens (including phenoxy) is 1. The Hall–Kier alpha value is -1.99. The monoisotopic (exact) mass is 302 g/mol. The van der Waals surface area contributed by atoms with Gasteiger partial charge in [-0.25, -0.2) is 0 Å². The van der Waals surface area contributed by atoms with E-state index in [-0.39, 0.29) is 0 Å². The van der Waals surface area contributed by atoms with Crippen LogP contribution in [0, 0.1) is 11.3 Å². The molecule has 4 heteroatoms. The van der Waals surface area contributed by atoms with Gasteiger partial charge in [-0.1, -0.05) is 28.1 Å². The first kappa shape index (κ1) is 12.5. The largest absolute Gasteiger partial charge is 0.489 e. The van der Waals surface area contributed by atoms with E-state index in [9.17, 15) is 0 Å². The van der Waals surface area contributed by atoms with Crippen molar-refractivity contribution in [3.63, 3.8) is 0 Å². The van der Waals surface area contributed by atoms with Crippen LogP contribution in [0.4, 0.5) is 5.69 Å². The fourth-order valence-electron chi connectivity index (χ4n) is 1.53. The molecule has 2 aromatic carbocycles. The van der Waals surface area contributed by atoms with Crippen LogP contribution < -0.4 is 10.5 Å². The van der Waals surface area contributed by atoms with E-state index >= 15 is 0 Å². The summed E-state index contributed by atoms with van der Waals surface area (Å²) in [7, 11) is 0. The van der Waals surface area contributed by atoms with Crippen molar-refractivity contribution in [1.29, 1.82) is 5.26 Å². The number of nitrogens with two attached hydrogens (primary N) is 1. The van der Waals surface area contributed by atoms with Crippen molar-refractivity contribution < 1.29 is 4.74 Å². The van der Waals surface area contributed by atoms with Gasteiger partial charge in [-0.15, -0.1) is 0 Å². The highest BCUT2D eigenvalue weighted by Crippen LogP contribution is 2.20. The van der Waals surface area contributed by atoms with Gasteiger partial charge >= 0.3 is 0 Å². The highest BCUT2D eigenvalue weighted by molar-refractivity contribution is 9.10. The van der Waals surface area contributed by atoms with Crippen molar-refractivity contribution in [1.82, 2.24) is 0 Å². The molecule has 0 aliphatic rings.